The fourth-order valence-electron chi connectivity index (χ4n) is 2.60. The molecule has 0 radical (unpaired) electrons. The molecule has 0 spiro atoms. The van der Waals surface area contributed by atoms with Crippen molar-refractivity contribution in [1.29, 1.82) is 0 Å². The molecule has 21 heavy (non-hydrogen) atoms. The zero-order chi connectivity index (χ0) is 15.2. The van der Waals surface area contributed by atoms with Gasteiger partial charge in [0.05, 0.1) is 13.0 Å². The maximum absolute atomic E-state index is 13.0. The number of nitrogens with zero attached hydrogens (tertiary/aromatic N) is 1. The van der Waals surface area contributed by atoms with Crippen LogP contribution in [0.1, 0.15) is 25.3 Å². The van der Waals surface area contributed by atoms with Crippen LogP contribution in [-0.4, -0.2) is 36.3 Å². The summed E-state index contributed by atoms with van der Waals surface area (Å²) in [5.74, 6) is -0.155. The summed E-state index contributed by atoms with van der Waals surface area (Å²) in [5, 5.41) is 2.61. The van der Waals surface area contributed by atoms with Gasteiger partial charge in [-0.05, 0) is 36.5 Å². The zero-order valence-corrected chi connectivity index (χ0v) is 12.3. The summed E-state index contributed by atoms with van der Waals surface area (Å²) in [5.41, 5.74) is 0.603. The van der Waals surface area contributed by atoms with E-state index in [0.29, 0.717) is 11.5 Å². The number of likely N-dealkylation sites (tertiary alicyclic amines) is 1. The molecule has 114 valence electrons. The molecule has 1 fully saturated rings. The Hall–Kier alpha value is -1.91. The molecule has 2 rings (SSSR count). The smallest absolute Gasteiger partial charge is 0.241 e. The fraction of sp³-hybridized carbons (Fsp3) is 0.500. The number of nitrogens with one attached hydrogen (secondary N) is 1. The highest BCUT2D eigenvalue weighted by Gasteiger charge is 2.20. The van der Waals surface area contributed by atoms with Crippen molar-refractivity contribution in [2.24, 2.45) is 5.92 Å². The maximum atomic E-state index is 13.0. The van der Waals surface area contributed by atoms with E-state index in [9.17, 15) is 14.0 Å². The Morgan fingerprint density at radius 3 is 2.95 bits per heavy atom. The van der Waals surface area contributed by atoms with E-state index in [4.69, 9.17) is 0 Å². The molecule has 1 aliphatic rings. The van der Waals surface area contributed by atoms with Gasteiger partial charge in [0, 0.05) is 13.1 Å². The normalized spacial score (nSPS) is 18.4. The topological polar surface area (TPSA) is 49.4 Å². The second-order valence-electron chi connectivity index (χ2n) is 5.67. The molecule has 1 aliphatic heterocycles. The predicted octanol–water partition coefficient (Wildman–Crippen LogP) is 1.74. The SMILES string of the molecule is CC1CCCN(C(=O)CNC(=O)Cc2cccc(F)c2)C1. The van der Waals surface area contributed by atoms with Crippen LogP contribution < -0.4 is 5.32 Å². The first kappa shape index (κ1) is 15.5. The van der Waals surface area contributed by atoms with Crippen LogP contribution in [0.25, 0.3) is 0 Å². The highest BCUT2D eigenvalue weighted by atomic mass is 19.1. The van der Waals surface area contributed by atoms with Crippen LogP contribution in [0, 0.1) is 11.7 Å². The molecule has 1 atom stereocenters. The van der Waals surface area contributed by atoms with Crippen LogP contribution in [0.2, 0.25) is 0 Å². The number of piperidine rings is 1. The van der Waals surface area contributed by atoms with Crippen LogP contribution in [0.4, 0.5) is 4.39 Å². The van der Waals surface area contributed by atoms with Gasteiger partial charge in [-0.15, -0.1) is 0 Å². The summed E-state index contributed by atoms with van der Waals surface area (Å²) in [7, 11) is 0. The van der Waals surface area contributed by atoms with E-state index in [1.165, 1.54) is 12.1 Å². The zero-order valence-electron chi connectivity index (χ0n) is 12.3. The van der Waals surface area contributed by atoms with Gasteiger partial charge in [0.2, 0.25) is 11.8 Å². The Morgan fingerprint density at radius 2 is 2.24 bits per heavy atom. The van der Waals surface area contributed by atoms with Crippen molar-refractivity contribution in [2.45, 2.75) is 26.2 Å². The third-order valence-electron chi connectivity index (χ3n) is 3.70. The second kappa shape index (κ2) is 7.20. The van der Waals surface area contributed by atoms with E-state index in [1.54, 1.807) is 17.0 Å². The number of rotatable bonds is 4. The quantitative estimate of drug-likeness (QED) is 0.919. The molecular weight excluding hydrogens is 271 g/mol. The first-order valence-corrected chi connectivity index (χ1v) is 7.33. The first-order chi connectivity index (χ1) is 10.0. The lowest BCUT2D eigenvalue weighted by molar-refractivity contribution is -0.134. The molecule has 1 heterocycles. The Balaban J connectivity index is 1.77. The Labute approximate surface area is 124 Å². The number of hydrogen-bond acceptors (Lipinski definition) is 2. The molecule has 1 aromatic rings. The molecule has 0 aromatic heterocycles. The van der Waals surface area contributed by atoms with Crippen LogP contribution in [0.3, 0.4) is 0 Å². The highest BCUT2D eigenvalue weighted by Crippen LogP contribution is 2.15. The van der Waals surface area contributed by atoms with Gasteiger partial charge >= 0.3 is 0 Å². The summed E-state index contributed by atoms with van der Waals surface area (Å²) in [6.07, 6.45) is 2.25. The predicted molar refractivity (Wildman–Crippen MR) is 78.1 cm³/mol. The van der Waals surface area contributed by atoms with Crippen molar-refractivity contribution in [1.82, 2.24) is 10.2 Å². The summed E-state index contributed by atoms with van der Waals surface area (Å²) in [6.45, 7) is 3.67. The lowest BCUT2D eigenvalue weighted by Gasteiger charge is -2.31. The lowest BCUT2D eigenvalue weighted by Crippen LogP contribution is -2.44. The molecule has 1 unspecified atom stereocenters. The van der Waals surface area contributed by atoms with E-state index < -0.39 is 0 Å². The molecule has 2 amide bonds. The number of halogens is 1. The fourth-order valence-corrected chi connectivity index (χ4v) is 2.60. The van der Waals surface area contributed by atoms with Crippen LogP contribution in [-0.2, 0) is 16.0 Å². The van der Waals surface area contributed by atoms with Gasteiger partial charge in [-0.2, -0.15) is 0 Å². The van der Waals surface area contributed by atoms with Gasteiger partial charge in [-0.1, -0.05) is 19.1 Å². The second-order valence-corrected chi connectivity index (χ2v) is 5.67. The average Bonchev–Trinajstić information content (AvgIpc) is 2.45. The summed E-state index contributed by atoms with van der Waals surface area (Å²) in [6, 6.07) is 5.92. The van der Waals surface area contributed by atoms with Crippen molar-refractivity contribution in [2.75, 3.05) is 19.6 Å². The number of benzene rings is 1. The van der Waals surface area contributed by atoms with Gasteiger partial charge in [-0.25, -0.2) is 4.39 Å². The molecule has 0 bridgehead atoms. The number of carbonyl (C=O) groups excluding carboxylic acids is 2. The third-order valence-corrected chi connectivity index (χ3v) is 3.70. The van der Waals surface area contributed by atoms with Crippen molar-refractivity contribution in [3.05, 3.63) is 35.6 Å². The number of hydrogen-bond donors (Lipinski definition) is 1. The molecular formula is C16H21FN2O2. The Morgan fingerprint density at radius 1 is 1.43 bits per heavy atom. The van der Waals surface area contributed by atoms with Crippen LogP contribution in [0.5, 0.6) is 0 Å². The van der Waals surface area contributed by atoms with Crippen molar-refractivity contribution >= 4 is 11.8 Å². The number of carbonyl (C=O) groups is 2. The van der Waals surface area contributed by atoms with Crippen molar-refractivity contribution < 1.29 is 14.0 Å². The molecule has 0 saturated carbocycles. The van der Waals surface area contributed by atoms with E-state index in [-0.39, 0.29) is 30.6 Å². The van der Waals surface area contributed by atoms with Gasteiger partial charge in [-0.3, -0.25) is 9.59 Å². The minimum Gasteiger partial charge on any atom is -0.347 e. The van der Waals surface area contributed by atoms with Crippen molar-refractivity contribution in [3.63, 3.8) is 0 Å². The molecule has 1 aromatic carbocycles. The van der Waals surface area contributed by atoms with Gasteiger partial charge < -0.3 is 10.2 Å². The summed E-state index contributed by atoms with van der Waals surface area (Å²) in [4.78, 5) is 25.6. The van der Waals surface area contributed by atoms with E-state index in [2.05, 4.69) is 12.2 Å². The third kappa shape index (κ3) is 4.85. The van der Waals surface area contributed by atoms with E-state index in [1.807, 2.05) is 0 Å². The molecule has 4 nitrogen and oxygen atoms in total. The maximum Gasteiger partial charge on any atom is 0.241 e. The summed E-state index contributed by atoms with van der Waals surface area (Å²) >= 11 is 0. The Bertz CT molecular complexity index is 519. The minimum atomic E-state index is -0.362. The van der Waals surface area contributed by atoms with Crippen LogP contribution >= 0.6 is 0 Å². The Kier molecular flexibility index (Phi) is 5.31. The summed E-state index contributed by atoms with van der Waals surface area (Å²) < 4.78 is 13.0. The standard InChI is InChI=1S/C16H21FN2O2/c1-12-4-3-7-19(11-12)16(21)10-18-15(20)9-13-5-2-6-14(17)8-13/h2,5-6,8,12H,3-4,7,9-11H2,1H3,(H,18,20). The number of amides is 2. The van der Waals surface area contributed by atoms with E-state index in [0.717, 1.165) is 25.9 Å². The van der Waals surface area contributed by atoms with Crippen LogP contribution in [0.15, 0.2) is 24.3 Å². The average molecular weight is 292 g/mol. The highest BCUT2D eigenvalue weighted by molar-refractivity contribution is 5.85. The first-order valence-electron chi connectivity index (χ1n) is 7.33. The van der Waals surface area contributed by atoms with Gasteiger partial charge in [0.1, 0.15) is 5.82 Å². The van der Waals surface area contributed by atoms with Gasteiger partial charge in [0.15, 0.2) is 0 Å². The van der Waals surface area contributed by atoms with E-state index >= 15 is 0 Å². The van der Waals surface area contributed by atoms with Gasteiger partial charge in [0.25, 0.3) is 0 Å². The lowest BCUT2D eigenvalue weighted by atomic mass is 10.0. The van der Waals surface area contributed by atoms with Crippen molar-refractivity contribution in [3.8, 4) is 0 Å². The minimum absolute atomic E-state index is 0.0148. The molecule has 1 N–H and O–H groups in total. The molecule has 1 saturated heterocycles. The largest absolute Gasteiger partial charge is 0.347 e. The molecule has 0 aliphatic carbocycles. The monoisotopic (exact) mass is 292 g/mol. The molecule has 5 heteroatoms.